The molecule has 4 rings (SSSR count). The van der Waals surface area contributed by atoms with Gasteiger partial charge in [0.25, 0.3) is 0 Å². The highest BCUT2D eigenvalue weighted by Gasteiger charge is 2.30. The molecule has 8 heteroatoms. The summed E-state index contributed by atoms with van der Waals surface area (Å²) in [7, 11) is 0. The van der Waals surface area contributed by atoms with Gasteiger partial charge in [-0.05, 0) is 31.2 Å². The molecule has 2 amide bonds. The number of nitrogens with zero attached hydrogens (tertiary/aromatic N) is 4. The van der Waals surface area contributed by atoms with Crippen LogP contribution in [-0.2, 0) is 16.0 Å². The molecule has 0 bridgehead atoms. The average Bonchev–Trinajstić information content (AvgIpc) is 3.32. The zero-order valence-corrected chi connectivity index (χ0v) is 16.0. The van der Waals surface area contributed by atoms with Gasteiger partial charge in [-0.1, -0.05) is 29.4 Å². The maximum atomic E-state index is 12.5. The minimum atomic E-state index is -0.406. The van der Waals surface area contributed by atoms with Crippen molar-refractivity contribution in [2.75, 3.05) is 32.8 Å². The van der Waals surface area contributed by atoms with Crippen LogP contribution in [0.4, 0.5) is 4.79 Å². The number of cyclic esters (lactones) is 1. The molecule has 1 aromatic carbocycles. The van der Waals surface area contributed by atoms with Crippen LogP contribution in [0.2, 0.25) is 0 Å². The minimum Gasteiger partial charge on any atom is -0.448 e. The summed E-state index contributed by atoms with van der Waals surface area (Å²) in [4.78, 5) is 31.9. The molecule has 0 N–H and O–H groups in total. The summed E-state index contributed by atoms with van der Waals surface area (Å²) in [6, 6.07) is 7.94. The fraction of sp³-hybridized carbons (Fsp3) is 0.500. The Labute approximate surface area is 163 Å². The molecule has 0 unspecified atom stereocenters. The van der Waals surface area contributed by atoms with E-state index in [2.05, 4.69) is 10.1 Å². The number of aromatic nitrogens is 2. The number of hydrogen-bond donors (Lipinski definition) is 0. The van der Waals surface area contributed by atoms with E-state index in [0.29, 0.717) is 37.8 Å². The van der Waals surface area contributed by atoms with Crippen molar-refractivity contribution >= 4 is 12.0 Å². The molecule has 2 saturated heterocycles. The zero-order valence-electron chi connectivity index (χ0n) is 16.0. The Morgan fingerprint density at radius 3 is 2.93 bits per heavy atom. The van der Waals surface area contributed by atoms with Crippen molar-refractivity contribution in [2.45, 2.75) is 26.2 Å². The van der Waals surface area contributed by atoms with Gasteiger partial charge >= 0.3 is 6.09 Å². The van der Waals surface area contributed by atoms with E-state index >= 15 is 0 Å². The van der Waals surface area contributed by atoms with Crippen molar-refractivity contribution in [2.24, 2.45) is 5.92 Å². The average molecular weight is 384 g/mol. The van der Waals surface area contributed by atoms with Crippen molar-refractivity contribution in [1.82, 2.24) is 19.9 Å². The number of piperidine rings is 1. The monoisotopic (exact) mass is 384 g/mol. The lowest BCUT2D eigenvalue weighted by Gasteiger charge is -2.33. The zero-order chi connectivity index (χ0) is 19.5. The summed E-state index contributed by atoms with van der Waals surface area (Å²) in [6.07, 6.45) is 2.18. The molecule has 2 aliphatic rings. The number of amides is 2. The molecule has 2 aliphatic heterocycles. The molecule has 2 aromatic rings. The standard InChI is InChI=1S/C20H24N4O4/c1-14-5-2-3-7-16(14)19-21-17(28-22-19)11-15-6-4-8-23(12-15)18(25)13-24-9-10-27-20(24)26/h2-3,5,7,15H,4,6,8-13H2,1H3/t15-/m0/s1. The van der Waals surface area contributed by atoms with Crippen molar-refractivity contribution in [3.63, 3.8) is 0 Å². The van der Waals surface area contributed by atoms with Crippen LogP contribution in [0.5, 0.6) is 0 Å². The van der Waals surface area contributed by atoms with Gasteiger partial charge in [-0.2, -0.15) is 4.98 Å². The number of carbonyl (C=O) groups excluding carboxylic acids is 2. The number of benzene rings is 1. The molecule has 1 atom stereocenters. The van der Waals surface area contributed by atoms with Gasteiger partial charge < -0.3 is 14.2 Å². The summed E-state index contributed by atoms with van der Waals surface area (Å²) < 4.78 is 10.3. The van der Waals surface area contributed by atoms with Gasteiger partial charge in [-0.3, -0.25) is 9.69 Å². The highest BCUT2D eigenvalue weighted by molar-refractivity contribution is 5.83. The molecule has 8 nitrogen and oxygen atoms in total. The second kappa shape index (κ2) is 8.00. The first kappa shape index (κ1) is 18.5. The maximum Gasteiger partial charge on any atom is 0.410 e. The fourth-order valence-electron chi connectivity index (χ4n) is 3.81. The van der Waals surface area contributed by atoms with E-state index in [-0.39, 0.29) is 18.4 Å². The van der Waals surface area contributed by atoms with Crippen LogP contribution in [0.15, 0.2) is 28.8 Å². The van der Waals surface area contributed by atoms with Gasteiger partial charge in [-0.25, -0.2) is 4.79 Å². The van der Waals surface area contributed by atoms with Crippen LogP contribution >= 0.6 is 0 Å². The second-order valence-corrected chi connectivity index (χ2v) is 7.41. The minimum absolute atomic E-state index is 0.0327. The molecule has 0 radical (unpaired) electrons. The van der Waals surface area contributed by atoms with Crippen molar-refractivity contribution in [1.29, 1.82) is 0 Å². The predicted molar refractivity (Wildman–Crippen MR) is 100 cm³/mol. The van der Waals surface area contributed by atoms with Crippen LogP contribution in [0.1, 0.15) is 24.3 Å². The van der Waals surface area contributed by atoms with Crippen LogP contribution in [0.3, 0.4) is 0 Å². The number of likely N-dealkylation sites (tertiary alicyclic amines) is 1. The number of ether oxygens (including phenoxy) is 1. The lowest BCUT2D eigenvalue weighted by atomic mass is 9.94. The second-order valence-electron chi connectivity index (χ2n) is 7.41. The van der Waals surface area contributed by atoms with Crippen molar-refractivity contribution in [3.05, 3.63) is 35.7 Å². The normalized spacial score (nSPS) is 19.8. The quantitative estimate of drug-likeness (QED) is 0.786. The van der Waals surface area contributed by atoms with E-state index in [1.165, 1.54) is 4.90 Å². The van der Waals surface area contributed by atoms with E-state index in [9.17, 15) is 9.59 Å². The third-order valence-corrected chi connectivity index (χ3v) is 5.36. The summed E-state index contributed by atoms with van der Waals surface area (Å²) in [5, 5.41) is 4.12. The Kier molecular flexibility index (Phi) is 5.27. The molecule has 148 valence electrons. The topological polar surface area (TPSA) is 88.8 Å². The Hall–Kier alpha value is -2.90. The van der Waals surface area contributed by atoms with E-state index < -0.39 is 6.09 Å². The largest absolute Gasteiger partial charge is 0.448 e. The van der Waals surface area contributed by atoms with Crippen LogP contribution in [0, 0.1) is 12.8 Å². The lowest BCUT2D eigenvalue weighted by Crippen LogP contribution is -2.45. The molecule has 0 spiro atoms. The first-order chi connectivity index (χ1) is 13.6. The van der Waals surface area contributed by atoms with Gasteiger partial charge in [0.2, 0.25) is 17.6 Å². The van der Waals surface area contributed by atoms with E-state index in [1.807, 2.05) is 36.1 Å². The smallest absolute Gasteiger partial charge is 0.410 e. The molecule has 2 fully saturated rings. The maximum absolute atomic E-state index is 12.5. The van der Waals surface area contributed by atoms with E-state index in [1.54, 1.807) is 0 Å². The first-order valence-corrected chi connectivity index (χ1v) is 9.68. The first-order valence-electron chi connectivity index (χ1n) is 9.68. The van der Waals surface area contributed by atoms with E-state index in [4.69, 9.17) is 9.26 Å². The highest BCUT2D eigenvalue weighted by Crippen LogP contribution is 2.24. The summed E-state index contributed by atoms with van der Waals surface area (Å²) in [5.41, 5.74) is 2.07. The third-order valence-electron chi connectivity index (χ3n) is 5.36. The van der Waals surface area contributed by atoms with Gasteiger partial charge in [0.15, 0.2) is 0 Å². The third kappa shape index (κ3) is 4.00. The van der Waals surface area contributed by atoms with Crippen LogP contribution < -0.4 is 0 Å². The molecule has 1 aromatic heterocycles. The fourth-order valence-corrected chi connectivity index (χ4v) is 3.81. The van der Waals surface area contributed by atoms with Crippen LogP contribution in [-0.4, -0.2) is 64.7 Å². The Morgan fingerprint density at radius 1 is 1.29 bits per heavy atom. The lowest BCUT2D eigenvalue weighted by molar-refractivity contribution is -0.133. The summed E-state index contributed by atoms with van der Waals surface area (Å²) >= 11 is 0. The van der Waals surface area contributed by atoms with Crippen molar-refractivity contribution in [3.8, 4) is 11.4 Å². The molecule has 28 heavy (non-hydrogen) atoms. The molecule has 0 saturated carbocycles. The molecule has 0 aliphatic carbocycles. The number of carbonyl (C=O) groups is 2. The SMILES string of the molecule is Cc1ccccc1-c1noc(C[C@@H]2CCCN(C(=O)CN3CCOC3=O)C2)n1. The molecule has 3 heterocycles. The van der Waals surface area contributed by atoms with Gasteiger partial charge in [-0.15, -0.1) is 0 Å². The number of aryl methyl sites for hydroxylation is 1. The van der Waals surface area contributed by atoms with Crippen molar-refractivity contribution < 1.29 is 18.8 Å². The summed E-state index contributed by atoms with van der Waals surface area (Å²) in [5.74, 6) is 1.44. The highest BCUT2D eigenvalue weighted by atomic mass is 16.6. The Balaban J connectivity index is 1.36. The predicted octanol–water partition coefficient (Wildman–Crippen LogP) is 2.28. The van der Waals surface area contributed by atoms with E-state index in [0.717, 1.165) is 30.5 Å². The van der Waals surface area contributed by atoms with Gasteiger partial charge in [0.05, 0.1) is 6.54 Å². The number of rotatable bonds is 5. The van der Waals surface area contributed by atoms with Gasteiger partial charge in [0.1, 0.15) is 13.2 Å². The number of hydrogen-bond acceptors (Lipinski definition) is 6. The Morgan fingerprint density at radius 2 is 2.14 bits per heavy atom. The van der Waals surface area contributed by atoms with Gasteiger partial charge in [0, 0.05) is 25.1 Å². The molecular formula is C20H24N4O4. The molecular weight excluding hydrogens is 360 g/mol. The Bertz CT molecular complexity index is 865. The summed E-state index contributed by atoms with van der Waals surface area (Å²) in [6.45, 7) is 4.30. The van der Waals surface area contributed by atoms with Crippen LogP contribution in [0.25, 0.3) is 11.4 Å².